The van der Waals surface area contributed by atoms with Crippen molar-refractivity contribution in [3.63, 3.8) is 0 Å². The standard InChI is InChI=1S/C21H25N3O2/c1-14-8-7-11-18(16(14)3)23(4)13-21(26)24-15(2)12-20(25)22-17-9-5-6-10-19(17)24/h5-11,15H,12-13H2,1-4H3,(H,22,25). The summed E-state index contributed by atoms with van der Waals surface area (Å²) in [6.45, 7) is 6.30. The van der Waals surface area contributed by atoms with Gasteiger partial charge in [-0.15, -0.1) is 0 Å². The van der Waals surface area contributed by atoms with Gasteiger partial charge in [0, 0.05) is 25.2 Å². The van der Waals surface area contributed by atoms with Crippen molar-refractivity contribution in [2.45, 2.75) is 33.2 Å². The number of rotatable bonds is 3. The van der Waals surface area contributed by atoms with Crippen LogP contribution in [0.1, 0.15) is 24.5 Å². The second kappa shape index (κ2) is 7.20. The fourth-order valence-corrected chi connectivity index (χ4v) is 3.48. The van der Waals surface area contributed by atoms with Crippen molar-refractivity contribution in [2.24, 2.45) is 0 Å². The molecule has 1 aliphatic heterocycles. The highest BCUT2D eigenvalue weighted by Crippen LogP contribution is 2.31. The Balaban J connectivity index is 1.89. The molecule has 0 bridgehead atoms. The first kappa shape index (κ1) is 18.0. The molecule has 5 nitrogen and oxygen atoms in total. The molecule has 0 aromatic heterocycles. The van der Waals surface area contributed by atoms with E-state index in [0.29, 0.717) is 5.69 Å². The monoisotopic (exact) mass is 351 g/mol. The number of likely N-dealkylation sites (N-methyl/N-ethyl adjacent to an activating group) is 1. The van der Waals surface area contributed by atoms with E-state index in [1.165, 1.54) is 11.1 Å². The normalized spacial score (nSPS) is 16.5. The van der Waals surface area contributed by atoms with Gasteiger partial charge in [-0.3, -0.25) is 9.59 Å². The van der Waals surface area contributed by atoms with Crippen molar-refractivity contribution in [3.8, 4) is 0 Å². The van der Waals surface area contributed by atoms with Crippen LogP contribution in [0.25, 0.3) is 0 Å². The lowest BCUT2D eigenvalue weighted by atomic mass is 10.1. The van der Waals surface area contributed by atoms with Gasteiger partial charge in [0.25, 0.3) is 0 Å². The van der Waals surface area contributed by atoms with Crippen molar-refractivity contribution in [1.82, 2.24) is 0 Å². The Hall–Kier alpha value is -2.82. The van der Waals surface area contributed by atoms with Crippen LogP contribution in [0.4, 0.5) is 17.1 Å². The zero-order chi connectivity index (χ0) is 18.8. The van der Waals surface area contributed by atoms with Crippen LogP contribution in [0.15, 0.2) is 42.5 Å². The van der Waals surface area contributed by atoms with Gasteiger partial charge in [0.05, 0.1) is 17.9 Å². The molecule has 3 rings (SSSR count). The molecular weight excluding hydrogens is 326 g/mol. The highest BCUT2D eigenvalue weighted by Gasteiger charge is 2.30. The van der Waals surface area contributed by atoms with Crippen molar-refractivity contribution in [3.05, 3.63) is 53.6 Å². The zero-order valence-corrected chi connectivity index (χ0v) is 15.7. The molecule has 0 spiro atoms. The van der Waals surface area contributed by atoms with E-state index in [1.54, 1.807) is 4.90 Å². The number of para-hydroxylation sites is 2. The lowest BCUT2D eigenvalue weighted by Crippen LogP contribution is -2.44. The maximum Gasteiger partial charge on any atom is 0.246 e. The largest absolute Gasteiger partial charge is 0.365 e. The number of nitrogens with zero attached hydrogens (tertiary/aromatic N) is 2. The maximum atomic E-state index is 13.2. The van der Waals surface area contributed by atoms with Crippen LogP contribution < -0.4 is 15.1 Å². The predicted octanol–water partition coefficient (Wildman–Crippen LogP) is 3.50. The van der Waals surface area contributed by atoms with Crippen LogP contribution in [0.2, 0.25) is 0 Å². The summed E-state index contributed by atoms with van der Waals surface area (Å²) < 4.78 is 0. The Morgan fingerprint density at radius 1 is 1.19 bits per heavy atom. The van der Waals surface area contributed by atoms with Gasteiger partial charge in [-0.2, -0.15) is 0 Å². The molecule has 1 aliphatic rings. The first-order valence-electron chi connectivity index (χ1n) is 8.86. The average Bonchev–Trinajstić information content (AvgIpc) is 2.71. The third-order valence-electron chi connectivity index (χ3n) is 4.99. The van der Waals surface area contributed by atoms with Gasteiger partial charge in [0.2, 0.25) is 11.8 Å². The molecule has 0 fully saturated rings. The molecule has 1 heterocycles. The molecule has 1 N–H and O–H groups in total. The average molecular weight is 351 g/mol. The van der Waals surface area contributed by atoms with E-state index in [4.69, 9.17) is 0 Å². The first-order valence-corrected chi connectivity index (χ1v) is 8.86. The smallest absolute Gasteiger partial charge is 0.246 e. The lowest BCUT2D eigenvalue weighted by Gasteiger charge is -2.31. The van der Waals surface area contributed by atoms with E-state index in [9.17, 15) is 9.59 Å². The molecule has 136 valence electrons. The van der Waals surface area contributed by atoms with E-state index in [0.717, 1.165) is 11.4 Å². The molecule has 26 heavy (non-hydrogen) atoms. The summed E-state index contributed by atoms with van der Waals surface area (Å²) in [6.07, 6.45) is 0.285. The van der Waals surface area contributed by atoms with Crippen LogP contribution in [0.5, 0.6) is 0 Å². The number of hydrogen-bond acceptors (Lipinski definition) is 3. The summed E-state index contributed by atoms with van der Waals surface area (Å²) >= 11 is 0. The predicted molar refractivity (Wildman–Crippen MR) is 106 cm³/mol. The Morgan fingerprint density at radius 3 is 2.69 bits per heavy atom. The SMILES string of the molecule is Cc1cccc(N(C)CC(=O)N2c3ccccc3NC(=O)CC2C)c1C. The zero-order valence-electron chi connectivity index (χ0n) is 15.7. The number of benzene rings is 2. The van der Waals surface area contributed by atoms with E-state index in [2.05, 4.69) is 25.2 Å². The minimum Gasteiger partial charge on any atom is -0.365 e. The number of hydrogen-bond donors (Lipinski definition) is 1. The third kappa shape index (κ3) is 3.43. The maximum absolute atomic E-state index is 13.2. The van der Waals surface area contributed by atoms with Crippen molar-refractivity contribution < 1.29 is 9.59 Å². The minimum absolute atomic E-state index is 0.0233. The summed E-state index contributed by atoms with van der Waals surface area (Å²) in [5.41, 5.74) is 4.85. The van der Waals surface area contributed by atoms with Gasteiger partial charge >= 0.3 is 0 Å². The molecule has 5 heteroatoms. The van der Waals surface area contributed by atoms with E-state index in [-0.39, 0.29) is 30.8 Å². The topological polar surface area (TPSA) is 52.7 Å². The van der Waals surface area contributed by atoms with Crippen LogP contribution >= 0.6 is 0 Å². The molecule has 0 saturated heterocycles. The van der Waals surface area contributed by atoms with Crippen molar-refractivity contribution in [1.29, 1.82) is 0 Å². The van der Waals surface area contributed by atoms with Crippen molar-refractivity contribution >= 4 is 28.9 Å². The number of fused-ring (bicyclic) bond motifs is 1. The molecule has 0 saturated carbocycles. The Labute approximate surface area is 154 Å². The summed E-state index contributed by atoms with van der Waals surface area (Å²) in [5, 5.41) is 2.89. The summed E-state index contributed by atoms with van der Waals surface area (Å²) in [6, 6.07) is 13.4. The number of carbonyl (C=O) groups is 2. The van der Waals surface area contributed by atoms with Crippen molar-refractivity contribution in [2.75, 3.05) is 28.7 Å². The van der Waals surface area contributed by atoms with Gasteiger partial charge in [-0.1, -0.05) is 24.3 Å². The third-order valence-corrected chi connectivity index (χ3v) is 4.99. The first-order chi connectivity index (χ1) is 12.4. The van der Waals surface area contributed by atoms with Gasteiger partial charge in [0.1, 0.15) is 0 Å². The van der Waals surface area contributed by atoms with E-state index >= 15 is 0 Å². The fourth-order valence-electron chi connectivity index (χ4n) is 3.48. The number of anilines is 3. The van der Waals surface area contributed by atoms with Crippen LogP contribution in [0, 0.1) is 13.8 Å². The molecule has 0 radical (unpaired) electrons. The quantitative estimate of drug-likeness (QED) is 0.921. The lowest BCUT2D eigenvalue weighted by molar-refractivity contribution is -0.118. The number of nitrogens with one attached hydrogen (secondary N) is 1. The molecule has 2 aromatic carbocycles. The van der Waals surface area contributed by atoms with Gasteiger partial charge in [0.15, 0.2) is 0 Å². The van der Waals surface area contributed by atoms with Crippen LogP contribution in [-0.2, 0) is 9.59 Å². The molecule has 2 amide bonds. The second-order valence-corrected chi connectivity index (χ2v) is 6.96. The number of amides is 2. The minimum atomic E-state index is -0.196. The van der Waals surface area contributed by atoms with Crippen LogP contribution in [-0.4, -0.2) is 31.4 Å². The van der Waals surface area contributed by atoms with E-state index < -0.39 is 0 Å². The Morgan fingerprint density at radius 2 is 1.92 bits per heavy atom. The van der Waals surface area contributed by atoms with Gasteiger partial charge < -0.3 is 15.1 Å². The van der Waals surface area contributed by atoms with Crippen LogP contribution in [0.3, 0.4) is 0 Å². The summed E-state index contributed by atoms with van der Waals surface area (Å²) in [7, 11) is 1.93. The molecule has 1 unspecified atom stereocenters. The highest BCUT2D eigenvalue weighted by molar-refractivity contribution is 6.05. The number of aryl methyl sites for hydroxylation is 1. The highest BCUT2D eigenvalue weighted by atomic mass is 16.2. The molecular formula is C21H25N3O2. The Kier molecular flexibility index (Phi) is 4.98. The Bertz CT molecular complexity index is 847. The van der Waals surface area contributed by atoms with E-state index in [1.807, 2.05) is 55.3 Å². The van der Waals surface area contributed by atoms with Gasteiger partial charge in [-0.05, 0) is 50.1 Å². The summed E-state index contributed by atoms with van der Waals surface area (Å²) in [4.78, 5) is 29.0. The fraction of sp³-hybridized carbons (Fsp3) is 0.333. The number of carbonyl (C=O) groups excluding carboxylic acids is 2. The molecule has 0 aliphatic carbocycles. The molecule has 1 atom stereocenters. The molecule has 2 aromatic rings. The summed E-state index contributed by atoms with van der Waals surface area (Å²) in [5.74, 6) is -0.0898. The van der Waals surface area contributed by atoms with Gasteiger partial charge in [-0.25, -0.2) is 0 Å². The second-order valence-electron chi connectivity index (χ2n) is 6.96.